The van der Waals surface area contributed by atoms with Crippen LogP contribution in [0.3, 0.4) is 0 Å². The van der Waals surface area contributed by atoms with Crippen LogP contribution in [0.5, 0.6) is 5.75 Å². The Morgan fingerprint density at radius 3 is 2.10 bits per heavy atom. The molecule has 0 bridgehead atoms. The Kier molecular flexibility index (Phi) is 4.65. The summed E-state index contributed by atoms with van der Waals surface area (Å²) in [5, 5.41) is 0. The molecule has 0 aliphatic carbocycles. The highest BCUT2D eigenvalue weighted by Gasteiger charge is 2.43. The number of aromatic nitrogens is 1. The van der Waals surface area contributed by atoms with Crippen LogP contribution >= 0.6 is 10.7 Å². The molecule has 13 heteroatoms. The number of alkyl halides is 6. The van der Waals surface area contributed by atoms with E-state index in [1.165, 1.54) is 0 Å². The molecule has 0 radical (unpaired) electrons. The van der Waals surface area contributed by atoms with Crippen molar-refractivity contribution in [3.63, 3.8) is 0 Å². The van der Waals surface area contributed by atoms with Gasteiger partial charge in [-0.3, -0.25) is 4.98 Å². The average Bonchev–Trinajstić information content (AvgIpc) is 2.23. The quantitative estimate of drug-likeness (QED) is 0.662. The highest BCUT2D eigenvalue weighted by atomic mass is 35.7. The van der Waals surface area contributed by atoms with E-state index in [0.717, 1.165) is 0 Å². The van der Waals surface area contributed by atoms with Gasteiger partial charge < -0.3 is 10.5 Å². The summed E-state index contributed by atoms with van der Waals surface area (Å²) in [6.07, 6.45) is -10.8. The second-order valence-corrected chi connectivity index (χ2v) is 5.97. The number of hydrogen-bond acceptors (Lipinski definition) is 5. The normalized spacial score (nSPS) is 13.3. The average molecular weight is 359 g/mol. The van der Waals surface area contributed by atoms with Gasteiger partial charge in [-0.05, 0) is 0 Å². The summed E-state index contributed by atoms with van der Waals surface area (Å²) in [6, 6.07) is 0. The summed E-state index contributed by atoms with van der Waals surface area (Å²) in [5.74, 6) is -1.70. The molecule has 0 aliphatic rings. The first-order valence-electron chi connectivity index (χ1n) is 4.77. The van der Waals surface area contributed by atoms with Crippen LogP contribution in [-0.2, 0) is 21.8 Å². The highest BCUT2D eigenvalue weighted by Crippen LogP contribution is 2.42. The lowest BCUT2D eigenvalue weighted by Crippen LogP contribution is -2.23. The Labute approximate surface area is 118 Å². The van der Waals surface area contributed by atoms with Crippen LogP contribution in [0.25, 0.3) is 0 Å². The van der Waals surface area contributed by atoms with E-state index in [9.17, 15) is 34.8 Å². The molecule has 0 atom stereocenters. The molecule has 1 aromatic heterocycles. The van der Waals surface area contributed by atoms with E-state index in [4.69, 9.17) is 16.4 Å². The zero-order valence-electron chi connectivity index (χ0n) is 9.59. The fraction of sp³-hybridized carbons (Fsp3) is 0.375. The SMILES string of the molecule is NCc1ncc(C(F)(F)F)c(S(=O)(=O)Cl)c1OC(F)(F)F. The van der Waals surface area contributed by atoms with Crippen molar-refractivity contribution in [3.8, 4) is 5.75 Å². The number of nitrogens with two attached hydrogens (primary N) is 1. The molecule has 0 saturated heterocycles. The van der Waals surface area contributed by atoms with Crippen LogP contribution in [0.2, 0.25) is 0 Å². The molecule has 21 heavy (non-hydrogen) atoms. The summed E-state index contributed by atoms with van der Waals surface area (Å²) >= 11 is 0. The van der Waals surface area contributed by atoms with Crippen LogP contribution in [0.4, 0.5) is 26.3 Å². The van der Waals surface area contributed by atoms with Gasteiger partial charge in [0.15, 0.2) is 5.75 Å². The van der Waals surface area contributed by atoms with Crippen LogP contribution < -0.4 is 10.5 Å². The molecule has 120 valence electrons. The van der Waals surface area contributed by atoms with Crippen molar-refractivity contribution in [2.24, 2.45) is 5.73 Å². The van der Waals surface area contributed by atoms with Gasteiger partial charge in [0.05, 0.1) is 11.3 Å². The van der Waals surface area contributed by atoms with Crippen LogP contribution in [0.15, 0.2) is 11.1 Å². The molecule has 0 spiro atoms. The van der Waals surface area contributed by atoms with E-state index in [-0.39, 0.29) is 6.20 Å². The van der Waals surface area contributed by atoms with Gasteiger partial charge in [0.2, 0.25) is 0 Å². The monoisotopic (exact) mass is 358 g/mol. The molecule has 0 aromatic carbocycles. The first kappa shape index (κ1) is 17.8. The summed E-state index contributed by atoms with van der Waals surface area (Å²) in [4.78, 5) is 1.14. The van der Waals surface area contributed by atoms with Gasteiger partial charge in [-0.25, -0.2) is 8.42 Å². The van der Waals surface area contributed by atoms with Crippen LogP contribution in [0, 0.1) is 0 Å². The maximum atomic E-state index is 12.7. The molecule has 2 N–H and O–H groups in total. The Bertz CT molecular complexity index is 643. The number of hydrogen-bond donors (Lipinski definition) is 1. The van der Waals surface area contributed by atoms with Gasteiger partial charge in [0.1, 0.15) is 4.90 Å². The lowest BCUT2D eigenvalue weighted by molar-refractivity contribution is -0.276. The second kappa shape index (κ2) is 5.50. The minimum atomic E-state index is -5.47. The van der Waals surface area contributed by atoms with Crippen molar-refractivity contribution < 1.29 is 39.5 Å². The van der Waals surface area contributed by atoms with Crippen molar-refractivity contribution in [1.29, 1.82) is 0 Å². The van der Waals surface area contributed by atoms with E-state index in [2.05, 4.69) is 9.72 Å². The largest absolute Gasteiger partial charge is 0.573 e. The van der Waals surface area contributed by atoms with Crippen molar-refractivity contribution in [2.45, 2.75) is 24.0 Å². The fourth-order valence-electron chi connectivity index (χ4n) is 1.32. The first-order chi connectivity index (χ1) is 9.27. The molecule has 1 heterocycles. The Morgan fingerprint density at radius 1 is 1.24 bits per heavy atom. The Balaban J connectivity index is 3.80. The van der Waals surface area contributed by atoms with Crippen molar-refractivity contribution >= 4 is 19.7 Å². The van der Waals surface area contributed by atoms with Gasteiger partial charge in [-0.1, -0.05) is 0 Å². The summed E-state index contributed by atoms with van der Waals surface area (Å²) < 4.78 is 101. The first-order valence-corrected chi connectivity index (χ1v) is 7.08. The Morgan fingerprint density at radius 2 is 1.76 bits per heavy atom. The van der Waals surface area contributed by atoms with Gasteiger partial charge in [-0.2, -0.15) is 13.2 Å². The van der Waals surface area contributed by atoms with Gasteiger partial charge >= 0.3 is 12.5 Å². The van der Waals surface area contributed by atoms with E-state index in [0.29, 0.717) is 0 Å². The lowest BCUT2D eigenvalue weighted by Gasteiger charge is -2.18. The number of rotatable bonds is 3. The molecular formula is C8H5ClF6N2O3S. The van der Waals surface area contributed by atoms with Gasteiger partial charge in [0, 0.05) is 23.4 Å². The maximum Gasteiger partial charge on any atom is 0.573 e. The standard InChI is InChI=1S/C8H5ClF6N2O3S/c9-21(18,19)6-3(7(10,11)12)2-17-4(1-16)5(6)20-8(13,14)15/h2H,1,16H2. The van der Waals surface area contributed by atoms with E-state index < -0.39 is 50.0 Å². The topological polar surface area (TPSA) is 82.3 Å². The van der Waals surface area contributed by atoms with Crippen molar-refractivity contribution in [3.05, 3.63) is 17.5 Å². The van der Waals surface area contributed by atoms with Gasteiger partial charge in [-0.15, -0.1) is 13.2 Å². The molecule has 0 unspecified atom stereocenters. The zero-order valence-corrected chi connectivity index (χ0v) is 11.2. The predicted molar refractivity (Wildman–Crippen MR) is 56.9 cm³/mol. The summed E-state index contributed by atoms with van der Waals surface area (Å²) in [6.45, 7) is -0.803. The number of pyridine rings is 1. The molecule has 0 amide bonds. The third-order valence-corrected chi connectivity index (χ3v) is 3.38. The third-order valence-electron chi connectivity index (χ3n) is 2.02. The second-order valence-electron chi connectivity index (χ2n) is 3.46. The van der Waals surface area contributed by atoms with Crippen LogP contribution in [-0.4, -0.2) is 19.8 Å². The molecule has 1 rings (SSSR count). The van der Waals surface area contributed by atoms with Crippen molar-refractivity contribution in [1.82, 2.24) is 4.98 Å². The summed E-state index contributed by atoms with van der Waals surface area (Å²) in [5.41, 5.74) is 2.17. The molecule has 0 saturated carbocycles. The summed E-state index contributed by atoms with van der Waals surface area (Å²) in [7, 11) is -0.432. The molecule has 1 aromatic rings. The molecule has 5 nitrogen and oxygen atoms in total. The van der Waals surface area contributed by atoms with E-state index in [1.54, 1.807) is 0 Å². The van der Waals surface area contributed by atoms with Crippen molar-refractivity contribution in [2.75, 3.05) is 0 Å². The molecule has 0 aliphatic heterocycles. The molecule has 0 fully saturated rings. The Hall–Kier alpha value is -1.27. The molecular weight excluding hydrogens is 354 g/mol. The van der Waals surface area contributed by atoms with E-state index in [1.807, 2.05) is 0 Å². The van der Waals surface area contributed by atoms with Gasteiger partial charge in [0.25, 0.3) is 9.05 Å². The lowest BCUT2D eigenvalue weighted by atomic mass is 10.2. The van der Waals surface area contributed by atoms with E-state index >= 15 is 0 Å². The fourth-order valence-corrected chi connectivity index (χ4v) is 2.60. The third kappa shape index (κ3) is 4.35. The number of ether oxygens (including phenoxy) is 1. The van der Waals surface area contributed by atoms with Crippen LogP contribution in [0.1, 0.15) is 11.3 Å². The number of halogens is 7. The smallest absolute Gasteiger partial charge is 0.402 e. The zero-order chi connectivity index (χ0) is 16.6. The number of nitrogens with zero attached hydrogens (tertiary/aromatic N) is 1. The highest BCUT2D eigenvalue weighted by molar-refractivity contribution is 8.13. The minimum Gasteiger partial charge on any atom is -0.402 e. The maximum absolute atomic E-state index is 12.7. The minimum absolute atomic E-state index is 0.0146. The predicted octanol–water partition coefficient (Wildman–Crippen LogP) is 2.39.